The Hall–Kier alpha value is -2.68. The molecule has 3 rings (SSSR count). The third kappa shape index (κ3) is 4.05. The normalized spacial score (nSPS) is 27.4. The summed E-state index contributed by atoms with van der Waals surface area (Å²) in [4.78, 5) is 33.0. The molecule has 2 aliphatic rings. The topological polar surface area (TPSA) is 114 Å². The van der Waals surface area contributed by atoms with E-state index in [0.29, 0.717) is 19.4 Å². The van der Waals surface area contributed by atoms with Crippen molar-refractivity contribution in [1.29, 1.82) is 0 Å². The van der Waals surface area contributed by atoms with E-state index in [9.17, 15) is 19.7 Å². The molecule has 1 saturated heterocycles. The van der Waals surface area contributed by atoms with Crippen LogP contribution >= 0.6 is 0 Å². The molecule has 0 N–H and O–H groups in total. The number of carbonyl (C=O) groups is 2. The molecule has 4 atom stereocenters. The second-order valence-corrected chi connectivity index (χ2v) is 6.00. The first-order valence-corrected chi connectivity index (χ1v) is 7.84. The van der Waals surface area contributed by atoms with Gasteiger partial charge in [0.25, 0.3) is 5.69 Å². The van der Waals surface area contributed by atoms with Crippen molar-refractivity contribution in [2.24, 2.45) is 5.92 Å². The molecule has 0 bridgehead atoms. The lowest BCUT2D eigenvalue weighted by molar-refractivity contribution is -0.384. The highest BCUT2D eigenvalue weighted by molar-refractivity contribution is 5.66. The molecular formula is C16H17NO8. The fourth-order valence-electron chi connectivity index (χ4n) is 3.23. The summed E-state index contributed by atoms with van der Waals surface area (Å²) in [6, 6.07) is 5.12. The fraction of sp³-hybridized carbons (Fsp3) is 0.500. The summed E-state index contributed by atoms with van der Waals surface area (Å²) in [5, 5.41) is 10.6. The number of carbonyl (C=O) groups excluding carboxylic acids is 2. The number of non-ortho nitro benzene ring substituents is 1. The van der Waals surface area contributed by atoms with Gasteiger partial charge in [-0.2, -0.15) is 0 Å². The van der Waals surface area contributed by atoms with E-state index in [0.717, 1.165) is 0 Å². The minimum Gasteiger partial charge on any atom is -0.460 e. The van der Waals surface area contributed by atoms with Crippen LogP contribution in [0.4, 0.5) is 10.5 Å². The first kappa shape index (κ1) is 17.2. The Balaban J connectivity index is 1.51. The van der Waals surface area contributed by atoms with Crippen LogP contribution < -0.4 is 4.74 Å². The van der Waals surface area contributed by atoms with Gasteiger partial charge in [-0.3, -0.25) is 14.9 Å². The van der Waals surface area contributed by atoms with Crippen LogP contribution in [0, 0.1) is 16.0 Å². The lowest BCUT2D eigenvalue weighted by Gasteiger charge is -2.17. The molecule has 1 heterocycles. The summed E-state index contributed by atoms with van der Waals surface area (Å²) in [6.45, 7) is 1.70. The van der Waals surface area contributed by atoms with Crippen molar-refractivity contribution in [2.45, 2.75) is 38.1 Å². The number of rotatable bonds is 4. The van der Waals surface area contributed by atoms with Crippen LogP contribution in [-0.2, 0) is 19.0 Å². The Bertz CT molecular complexity index is 673. The van der Waals surface area contributed by atoms with Crippen molar-refractivity contribution in [3.8, 4) is 5.75 Å². The number of nitro groups is 1. The van der Waals surface area contributed by atoms with E-state index >= 15 is 0 Å². The van der Waals surface area contributed by atoms with Gasteiger partial charge in [0.2, 0.25) is 0 Å². The van der Waals surface area contributed by atoms with Gasteiger partial charge >= 0.3 is 12.1 Å². The predicted molar refractivity (Wildman–Crippen MR) is 82.0 cm³/mol. The number of nitrogens with zero attached hydrogens (tertiary/aromatic N) is 1. The molecule has 1 aliphatic heterocycles. The third-order valence-electron chi connectivity index (χ3n) is 4.29. The quantitative estimate of drug-likeness (QED) is 0.351. The van der Waals surface area contributed by atoms with Crippen LogP contribution in [0.2, 0.25) is 0 Å². The van der Waals surface area contributed by atoms with Crippen molar-refractivity contribution in [1.82, 2.24) is 0 Å². The lowest BCUT2D eigenvalue weighted by Crippen LogP contribution is -2.26. The zero-order valence-electron chi connectivity index (χ0n) is 13.5. The molecule has 1 aromatic rings. The Kier molecular flexibility index (Phi) is 4.84. The Morgan fingerprint density at radius 3 is 2.56 bits per heavy atom. The number of ether oxygens (including phenoxy) is 4. The highest BCUT2D eigenvalue weighted by Gasteiger charge is 2.47. The first-order chi connectivity index (χ1) is 11.9. The van der Waals surface area contributed by atoms with E-state index < -0.39 is 11.1 Å². The lowest BCUT2D eigenvalue weighted by atomic mass is 10.0. The van der Waals surface area contributed by atoms with Crippen LogP contribution in [0.15, 0.2) is 24.3 Å². The molecule has 0 unspecified atom stereocenters. The summed E-state index contributed by atoms with van der Waals surface area (Å²) in [6.07, 6.45) is -0.666. The minimum atomic E-state index is -0.886. The van der Waals surface area contributed by atoms with Crippen LogP contribution in [0.25, 0.3) is 0 Å². The number of hydrogen-bond acceptors (Lipinski definition) is 8. The molecule has 2 fully saturated rings. The Morgan fingerprint density at radius 2 is 1.92 bits per heavy atom. The maximum atomic E-state index is 11.9. The van der Waals surface area contributed by atoms with Gasteiger partial charge < -0.3 is 18.9 Å². The van der Waals surface area contributed by atoms with Crippen molar-refractivity contribution in [3.05, 3.63) is 34.4 Å². The molecule has 25 heavy (non-hydrogen) atoms. The number of benzene rings is 1. The number of nitro benzene ring substituents is 1. The number of esters is 1. The monoisotopic (exact) mass is 351 g/mol. The second kappa shape index (κ2) is 7.06. The van der Waals surface area contributed by atoms with Gasteiger partial charge in [-0.25, -0.2) is 4.79 Å². The maximum Gasteiger partial charge on any atom is 0.514 e. The molecule has 0 spiro atoms. The van der Waals surface area contributed by atoms with Crippen LogP contribution in [-0.4, -0.2) is 42.0 Å². The predicted octanol–water partition coefficient (Wildman–Crippen LogP) is 2.22. The smallest absolute Gasteiger partial charge is 0.460 e. The molecule has 1 saturated carbocycles. The average Bonchev–Trinajstić information content (AvgIpc) is 3.09. The minimum absolute atomic E-state index is 0.000995. The molecule has 9 heteroatoms. The molecule has 1 aliphatic carbocycles. The Morgan fingerprint density at radius 1 is 1.20 bits per heavy atom. The third-order valence-corrected chi connectivity index (χ3v) is 4.29. The van der Waals surface area contributed by atoms with E-state index in [-0.39, 0.29) is 41.6 Å². The van der Waals surface area contributed by atoms with Gasteiger partial charge in [-0.15, -0.1) is 0 Å². The van der Waals surface area contributed by atoms with Gasteiger partial charge in [0.05, 0.1) is 17.6 Å². The van der Waals surface area contributed by atoms with Crippen molar-refractivity contribution in [2.75, 3.05) is 6.61 Å². The number of hydrogen-bond donors (Lipinski definition) is 0. The molecule has 134 valence electrons. The SMILES string of the molecule is CC(=O)O[C@H]1CO[C@@H]2C[C@H](OC(=O)Oc3ccc([N+](=O)[O-])cc3)C[C@H]12. The zero-order valence-corrected chi connectivity index (χ0v) is 13.5. The summed E-state index contributed by atoms with van der Waals surface area (Å²) < 4.78 is 21.1. The highest BCUT2D eigenvalue weighted by Crippen LogP contribution is 2.39. The van der Waals surface area contributed by atoms with E-state index in [1.165, 1.54) is 31.2 Å². The van der Waals surface area contributed by atoms with E-state index in [4.69, 9.17) is 18.9 Å². The second-order valence-electron chi connectivity index (χ2n) is 6.00. The van der Waals surface area contributed by atoms with Gasteiger partial charge in [-0.1, -0.05) is 0 Å². The molecule has 1 aromatic carbocycles. The maximum absolute atomic E-state index is 11.9. The number of fused-ring (bicyclic) bond motifs is 1. The fourth-order valence-corrected chi connectivity index (χ4v) is 3.23. The summed E-state index contributed by atoms with van der Waals surface area (Å²) >= 11 is 0. The van der Waals surface area contributed by atoms with Gasteiger partial charge in [0, 0.05) is 31.4 Å². The average molecular weight is 351 g/mol. The standard InChI is InChI=1S/C16H17NO8/c1-9(18)23-15-8-22-14-7-12(6-13(14)15)25-16(19)24-11-4-2-10(3-5-11)17(20)21/h2-5,12-15H,6-8H2,1H3/t12-,13+,14-,15+/m1/s1. The molecule has 0 amide bonds. The first-order valence-electron chi connectivity index (χ1n) is 7.84. The molecule has 9 nitrogen and oxygen atoms in total. The van der Waals surface area contributed by atoms with Crippen molar-refractivity contribution >= 4 is 17.8 Å². The van der Waals surface area contributed by atoms with Crippen LogP contribution in [0.3, 0.4) is 0 Å². The zero-order chi connectivity index (χ0) is 18.0. The molecular weight excluding hydrogens is 334 g/mol. The van der Waals surface area contributed by atoms with Gasteiger partial charge in [-0.05, 0) is 18.6 Å². The summed E-state index contributed by atoms with van der Waals surface area (Å²) in [5.74, 6) is -0.208. The van der Waals surface area contributed by atoms with E-state index in [1.807, 2.05) is 0 Å². The van der Waals surface area contributed by atoms with E-state index in [1.54, 1.807) is 0 Å². The summed E-state index contributed by atoms with van der Waals surface area (Å²) in [7, 11) is 0. The summed E-state index contributed by atoms with van der Waals surface area (Å²) in [5.41, 5.74) is -0.0991. The molecule has 0 aromatic heterocycles. The van der Waals surface area contributed by atoms with E-state index in [2.05, 4.69) is 0 Å². The van der Waals surface area contributed by atoms with Gasteiger partial charge in [0.1, 0.15) is 18.0 Å². The molecule has 0 radical (unpaired) electrons. The highest BCUT2D eigenvalue weighted by atomic mass is 16.7. The largest absolute Gasteiger partial charge is 0.514 e. The van der Waals surface area contributed by atoms with Crippen LogP contribution in [0.5, 0.6) is 5.75 Å². The van der Waals surface area contributed by atoms with Crippen molar-refractivity contribution < 1.29 is 33.5 Å². The van der Waals surface area contributed by atoms with Gasteiger partial charge in [0.15, 0.2) is 0 Å². The van der Waals surface area contributed by atoms with Crippen LogP contribution in [0.1, 0.15) is 19.8 Å². The van der Waals surface area contributed by atoms with Crippen molar-refractivity contribution in [3.63, 3.8) is 0 Å². The Labute approximate surface area is 142 Å².